The number of anilines is 2. The molecule has 1 saturated heterocycles. The highest BCUT2D eigenvalue weighted by atomic mass is 16.5. The van der Waals surface area contributed by atoms with Crippen molar-refractivity contribution in [3.05, 3.63) is 102 Å². The maximum atomic E-state index is 13.6. The van der Waals surface area contributed by atoms with E-state index in [0.717, 1.165) is 53.6 Å². The van der Waals surface area contributed by atoms with Gasteiger partial charge in [0.05, 0.1) is 6.61 Å². The molecule has 0 radical (unpaired) electrons. The molecule has 0 bridgehead atoms. The monoisotopic (exact) mass is 505 g/mol. The molecule has 0 atom stereocenters. The van der Waals surface area contributed by atoms with Gasteiger partial charge >= 0.3 is 5.97 Å². The molecule has 4 aromatic carbocycles. The summed E-state index contributed by atoms with van der Waals surface area (Å²) in [6.45, 7) is 6.00. The van der Waals surface area contributed by atoms with Crippen LogP contribution in [0.3, 0.4) is 0 Å². The number of benzene rings is 4. The van der Waals surface area contributed by atoms with Crippen LogP contribution in [0.15, 0.2) is 91.0 Å². The fourth-order valence-electron chi connectivity index (χ4n) is 4.74. The number of ether oxygens (including phenoxy) is 1. The van der Waals surface area contributed by atoms with Gasteiger partial charge in [-0.05, 0) is 76.9 Å². The smallest absolute Gasteiger partial charge is 0.330 e. The van der Waals surface area contributed by atoms with Crippen LogP contribution in [-0.2, 0) is 9.53 Å². The van der Waals surface area contributed by atoms with E-state index in [2.05, 4.69) is 45.9 Å². The zero-order valence-corrected chi connectivity index (χ0v) is 21.4. The van der Waals surface area contributed by atoms with Crippen molar-refractivity contribution in [3.8, 4) is 11.1 Å². The third kappa shape index (κ3) is 5.93. The van der Waals surface area contributed by atoms with Crippen molar-refractivity contribution in [3.63, 3.8) is 0 Å². The molecule has 0 saturated carbocycles. The Labute approximate surface area is 222 Å². The van der Waals surface area contributed by atoms with E-state index in [4.69, 9.17) is 4.74 Å². The first-order chi connectivity index (χ1) is 18.6. The molecule has 6 heteroatoms. The first-order valence-corrected chi connectivity index (χ1v) is 13.0. The van der Waals surface area contributed by atoms with Crippen molar-refractivity contribution < 1.29 is 14.3 Å². The van der Waals surface area contributed by atoms with Gasteiger partial charge < -0.3 is 20.3 Å². The van der Waals surface area contributed by atoms with Gasteiger partial charge in [0, 0.05) is 49.2 Å². The lowest BCUT2D eigenvalue weighted by Gasteiger charge is -2.29. The van der Waals surface area contributed by atoms with Crippen molar-refractivity contribution in [2.45, 2.75) is 6.92 Å². The second-order valence-electron chi connectivity index (χ2n) is 9.20. The van der Waals surface area contributed by atoms with E-state index in [9.17, 15) is 9.59 Å². The van der Waals surface area contributed by atoms with Crippen LogP contribution in [0.25, 0.3) is 28.0 Å². The van der Waals surface area contributed by atoms with Gasteiger partial charge in [0.1, 0.15) is 0 Å². The average molecular weight is 506 g/mol. The predicted octanol–water partition coefficient (Wildman–Crippen LogP) is 5.75. The topological polar surface area (TPSA) is 70.7 Å². The number of nitrogens with zero attached hydrogens (tertiary/aromatic N) is 1. The normalized spacial score (nSPS) is 13.6. The second-order valence-corrected chi connectivity index (χ2v) is 9.20. The van der Waals surface area contributed by atoms with E-state index in [0.29, 0.717) is 17.9 Å². The molecule has 0 unspecified atom stereocenters. The highest BCUT2D eigenvalue weighted by Gasteiger charge is 2.15. The molecule has 1 aliphatic rings. The molecule has 0 spiro atoms. The predicted molar refractivity (Wildman–Crippen MR) is 155 cm³/mol. The van der Waals surface area contributed by atoms with E-state index in [1.54, 1.807) is 13.0 Å². The van der Waals surface area contributed by atoms with Crippen molar-refractivity contribution in [1.82, 2.24) is 5.32 Å². The number of hydrogen-bond donors (Lipinski definition) is 2. The summed E-state index contributed by atoms with van der Waals surface area (Å²) in [5.41, 5.74) is 5.31. The Morgan fingerprint density at radius 1 is 0.921 bits per heavy atom. The summed E-state index contributed by atoms with van der Waals surface area (Å²) in [6, 6.07) is 28.0. The lowest BCUT2D eigenvalue weighted by atomic mass is 9.96. The Bertz CT molecular complexity index is 1490. The molecule has 1 fully saturated rings. The molecule has 1 amide bonds. The second kappa shape index (κ2) is 11.8. The molecule has 5 rings (SSSR count). The first kappa shape index (κ1) is 25.2. The molecule has 0 aliphatic carbocycles. The Balaban J connectivity index is 1.44. The van der Waals surface area contributed by atoms with Gasteiger partial charge in [-0.25, -0.2) is 4.79 Å². The third-order valence-electron chi connectivity index (χ3n) is 6.61. The minimum Gasteiger partial charge on any atom is -0.463 e. The Hall–Kier alpha value is -4.42. The minimum atomic E-state index is -0.397. The van der Waals surface area contributed by atoms with Crippen LogP contribution < -0.4 is 15.5 Å². The Morgan fingerprint density at radius 2 is 1.74 bits per heavy atom. The van der Waals surface area contributed by atoms with Crippen molar-refractivity contribution in [1.29, 1.82) is 0 Å². The maximum Gasteiger partial charge on any atom is 0.330 e. The fourth-order valence-corrected chi connectivity index (χ4v) is 4.74. The Kier molecular flexibility index (Phi) is 7.81. The van der Waals surface area contributed by atoms with E-state index in [1.165, 1.54) is 11.8 Å². The number of piperazine rings is 1. The van der Waals surface area contributed by atoms with E-state index >= 15 is 0 Å². The molecule has 4 aromatic rings. The Morgan fingerprint density at radius 3 is 2.58 bits per heavy atom. The third-order valence-corrected chi connectivity index (χ3v) is 6.61. The van der Waals surface area contributed by atoms with Crippen molar-refractivity contribution in [2.75, 3.05) is 43.0 Å². The van der Waals surface area contributed by atoms with Crippen molar-refractivity contribution >= 4 is 40.1 Å². The fraction of sp³-hybridized carbons (Fsp3) is 0.188. The van der Waals surface area contributed by atoms with Gasteiger partial charge in [0.15, 0.2) is 0 Å². The van der Waals surface area contributed by atoms with Gasteiger partial charge in [0.25, 0.3) is 5.91 Å². The standard InChI is InChI=1S/C32H31N3O3/c1-2-38-31(36)14-13-23-7-5-10-27(19-23)34-32(37)30-22-26(20-25-8-3-4-12-29(25)30)24-9-6-11-28(21-24)35-17-15-33-16-18-35/h3-14,19-22,33H,2,15-18H2,1H3,(H,34,37)/b14-13+. The zero-order valence-electron chi connectivity index (χ0n) is 21.4. The molecule has 192 valence electrons. The largest absolute Gasteiger partial charge is 0.463 e. The summed E-state index contributed by atoms with van der Waals surface area (Å²) in [5.74, 6) is -0.584. The number of fused-ring (bicyclic) bond motifs is 1. The molecule has 1 aliphatic heterocycles. The summed E-state index contributed by atoms with van der Waals surface area (Å²) in [5, 5.41) is 8.34. The van der Waals surface area contributed by atoms with Crippen molar-refractivity contribution in [2.24, 2.45) is 0 Å². The van der Waals surface area contributed by atoms with Crippen LogP contribution in [0.4, 0.5) is 11.4 Å². The van der Waals surface area contributed by atoms with Gasteiger partial charge in [-0.2, -0.15) is 0 Å². The molecule has 0 aromatic heterocycles. The number of carbonyl (C=O) groups is 2. The number of nitrogens with one attached hydrogen (secondary N) is 2. The summed E-state index contributed by atoms with van der Waals surface area (Å²) >= 11 is 0. The number of amides is 1. The van der Waals surface area contributed by atoms with Crippen LogP contribution in [-0.4, -0.2) is 44.7 Å². The minimum absolute atomic E-state index is 0.187. The lowest BCUT2D eigenvalue weighted by molar-refractivity contribution is -0.137. The number of carbonyl (C=O) groups excluding carboxylic acids is 2. The summed E-state index contributed by atoms with van der Waals surface area (Å²) in [6.07, 6.45) is 3.06. The van der Waals surface area contributed by atoms with Crippen LogP contribution in [0.1, 0.15) is 22.8 Å². The van der Waals surface area contributed by atoms with Crippen LogP contribution in [0.5, 0.6) is 0 Å². The zero-order chi connectivity index (χ0) is 26.3. The SMILES string of the molecule is CCOC(=O)/C=C/c1cccc(NC(=O)c2cc(-c3cccc(N4CCNCC4)c3)cc3ccccc23)c1. The quantitative estimate of drug-likeness (QED) is 0.247. The molecular formula is C32H31N3O3. The van der Waals surface area contributed by atoms with Gasteiger partial charge in [0.2, 0.25) is 0 Å². The summed E-state index contributed by atoms with van der Waals surface area (Å²) in [4.78, 5) is 27.6. The van der Waals surface area contributed by atoms with E-state index in [-0.39, 0.29) is 5.91 Å². The highest BCUT2D eigenvalue weighted by Crippen LogP contribution is 2.31. The van der Waals surface area contributed by atoms with Crippen LogP contribution in [0, 0.1) is 0 Å². The lowest BCUT2D eigenvalue weighted by Crippen LogP contribution is -2.43. The molecule has 38 heavy (non-hydrogen) atoms. The van der Waals surface area contributed by atoms with Crippen LogP contribution >= 0.6 is 0 Å². The van der Waals surface area contributed by atoms with Crippen LogP contribution in [0.2, 0.25) is 0 Å². The molecule has 2 N–H and O–H groups in total. The first-order valence-electron chi connectivity index (χ1n) is 13.0. The number of rotatable bonds is 7. The molecule has 6 nitrogen and oxygen atoms in total. The maximum absolute atomic E-state index is 13.6. The van der Waals surface area contributed by atoms with Gasteiger partial charge in [-0.3, -0.25) is 4.79 Å². The van der Waals surface area contributed by atoms with Gasteiger partial charge in [-0.1, -0.05) is 48.5 Å². The summed E-state index contributed by atoms with van der Waals surface area (Å²) in [7, 11) is 0. The van der Waals surface area contributed by atoms with E-state index < -0.39 is 5.97 Å². The molecule has 1 heterocycles. The average Bonchev–Trinajstić information content (AvgIpc) is 2.96. The number of esters is 1. The van der Waals surface area contributed by atoms with Gasteiger partial charge in [-0.15, -0.1) is 0 Å². The van der Waals surface area contributed by atoms with E-state index in [1.807, 2.05) is 54.6 Å². The highest BCUT2D eigenvalue weighted by molar-refractivity contribution is 6.14. The summed E-state index contributed by atoms with van der Waals surface area (Å²) < 4.78 is 4.95. The number of hydrogen-bond acceptors (Lipinski definition) is 5. The molecular weight excluding hydrogens is 474 g/mol.